The first-order valence-corrected chi connectivity index (χ1v) is 6.47. The van der Waals surface area contributed by atoms with Gasteiger partial charge in [0.1, 0.15) is 5.82 Å². The van der Waals surface area contributed by atoms with Crippen LogP contribution in [0.3, 0.4) is 0 Å². The highest BCUT2D eigenvalue weighted by Crippen LogP contribution is 2.33. The van der Waals surface area contributed by atoms with Crippen LogP contribution in [0.15, 0.2) is 18.2 Å². The maximum absolute atomic E-state index is 6.18. The van der Waals surface area contributed by atoms with Gasteiger partial charge in [-0.05, 0) is 36.5 Å². The molecule has 0 fully saturated rings. The van der Waals surface area contributed by atoms with Crippen LogP contribution in [-0.4, -0.2) is 14.8 Å². The lowest BCUT2D eigenvalue weighted by atomic mass is 9.87. The molecule has 0 aliphatic carbocycles. The van der Waals surface area contributed by atoms with Crippen molar-refractivity contribution in [1.29, 1.82) is 0 Å². The molecular weight excluding hydrogens is 248 g/mol. The lowest BCUT2D eigenvalue weighted by Crippen LogP contribution is -2.19. The van der Waals surface area contributed by atoms with E-state index in [2.05, 4.69) is 23.1 Å². The highest BCUT2D eigenvalue weighted by atomic mass is 35.5. The van der Waals surface area contributed by atoms with Crippen molar-refractivity contribution in [2.24, 2.45) is 0 Å². The zero-order valence-electron chi connectivity index (χ0n) is 10.2. The molecule has 0 bridgehead atoms. The number of hydrogen-bond donors (Lipinski definition) is 1. The second kappa shape index (κ2) is 4.28. The van der Waals surface area contributed by atoms with Gasteiger partial charge in [-0.2, -0.15) is 4.98 Å². The minimum atomic E-state index is 0.369. The van der Waals surface area contributed by atoms with E-state index in [0.29, 0.717) is 11.9 Å². The van der Waals surface area contributed by atoms with Crippen molar-refractivity contribution in [3.8, 4) is 0 Å². The summed E-state index contributed by atoms with van der Waals surface area (Å²) >= 11 is 6.18. The zero-order chi connectivity index (χ0) is 12.7. The number of aryl methyl sites for hydroxylation is 1. The predicted octanol–water partition coefficient (Wildman–Crippen LogP) is 2.55. The maximum atomic E-state index is 6.18. The van der Waals surface area contributed by atoms with E-state index in [-0.39, 0.29) is 0 Å². The minimum absolute atomic E-state index is 0.369. The first-order chi connectivity index (χ1) is 8.65. The smallest absolute Gasteiger partial charge is 0.239 e. The maximum Gasteiger partial charge on any atom is 0.239 e. The second-order valence-corrected chi connectivity index (χ2v) is 5.16. The molecule has 18 heavy (non-hydrogen) atoms. The van der Waals surface area contributed by atoms with Crippen LogP contribution in [0.4, 0.5) is 5.95 Å². The summed E-state index contributed by atoms with van der Waals surface area (Å²) in [4.78, 5) is 4.28. The molecule has 1 atom stereocenters. The third-order valence-corrected chi connectivity index (χ3v) is 4.04. The molecule has 1 aliphatic heterocycles. The molecule has 1 aromatic heterocycles. The minimum Gasteiger partial charge on any atom is -0.366 e. The number of nitrogen functional groups attached to an aromatic ring is 1. The van der Waals surface area contributed by atoms with E-state index < -0.39 is 0 Å². The molecule has 94 valence electrons. The molecule has 2 heterocycles. The largest absolute Gasteiger partial charge is 0.366 e. The molecule has 1 aliphatic rings. The van der Waals surface area contributed by atoms with Crippen molar-refractivity contribution in [1.82, 2.24) is 14.8 Å². The summed E-state index contributed by atoms with van der Waals surface area (Å²) < 4.78 is 1.91. The van der Waals surface area contributed by atoms with Gasteiger partial charge in [0.25, 0.3) is 0 Å². The number of fused-ring (bicyclic) bond motifs is 1. The Bertz CT molecular complexity index is 591. The fraction of sp³-hybridized carbons (Fsp3) is 0.385. The molecule has 1 unspecified atom stereocenters. The number of nitrogens with two attached hydrogens (primary N) is 1. The average molecular weight is 263 g/mol. The number of anilines is 1. The van der Waals surface area contributed by atoms with Crippen molar-refractivity contribution in [3.63, 3.8) is 0 Å². The summed E-state index contributed by atoms with van der Waals surface area (Å²) in [6.45, 7) is 2.95. The van der Waals surface area contributed by atoms with Crippen LogP contribution in [0.2, 0.25) is 5.02 Å². The number of halogens is 1. The third kappa shape index (κ3) is 1.86. The lowest BCUT2D eigenvalue weighted by Gasteiger charge is -2.24. The first-order valence-electron chi connectivity index (χ1n) is 6.09. The molecule has 0 saturated heterocycles. The summed E-state index contributed by atoms with van der Waals surface area (Å²) in [6.07, 6.45) is 1.93. The van der Waals surface area contributed by atoms with Crippen molar-refractivity contribution < 1.29 is 0 Å². The van der Waals surface area contributed by atoms with Gasteiger partial charge in [-0.3, -0.25) is 0 Å². The Morgan fingerprint density at radius 1 is 1.44 bits per heavy atom. The van der Waals surface area contributed by atoms with E-state index in [1.165, 1.54) is 11.1 Å². The summed E-state index contributed by atoms with van der Waals surface area (Å²) in [5.74, 6) is 1.80. The fourth-order valence-corrected chi connectivity index (χ4v) is 2.84. The molecule has 0 spiro atoms. The Kier molecular flexibility index (Phi) is 2.74. The fourth-order valence-electron chi connectivity index (χ4n) is 2.66. The zero-order valence-corrected chi connectivity index (χ0v) is 11.0. The molecule has 0 amide bonds. The van der Waals surface area contributed by atoms with E-state index in [9.17, 15) is 0 Å². The monoisotopic (exact) mass is 262 g/mol. The number of aromatic nitrogens is 3. The summed E-state index contributed by atoms with van der Waals surface area (Å²) in [5, 5.41) is 5.01. The highest BCUT2D eigenvalue weighted by molar-refractivity contribution is 6.31. The van der Waals surface area contributed by atoms with Gasteiger partial charge in [0, 0.05) is 18.0 Å². The van der Waals surface area contributed by atoms with Crippen LogP contribution in [-0.2, 0) is 13.0 Å². The summed E-state index contributed by atoms with van der Waals surface area (Å²) in [6, 6.07) is 6.10. The quantitative estimate of drug-likeness (QED) is 0.859. The van der Waals surface area contributed by atoms with Crippen molar-refractivity contribution >= 4 is 17.5 Å². The van der Waals surface area contributed by atoms with Gasteiger partial charge in [0.15, 0.2) is 0 Å². The Hall–Kier alpha value is -1.55. The number of nitrogens with zero attached hydrogens (tertiary/aromatic N) is 3. The third-order valence-electron chi connectivity index (χ3n) is 3.63. The lowest BCUT2D eigenvalue weighted by molar-refractivity contribution is 0.433. The topological polar surface area (TPSA) is 56.7 Å². The van der Waals surface area contributed by atoms with Crippen molar-refractivity contribution in [2.45, 2.75) is 32.2 Å². The Labute approximate surface area is 111 Å². The first kappa shape index (κ1) is 11.5. The van der Waals surface area contributed by atoms with Crippen LogP contribution in [0.25, 0.3) is 0 Å². The van der Waals surface area contributed by atoms with Gasteiger partial charge in [-0.25, -0.2) is 4.68 Å². The molecular formula is C13H15ClN4. The average Bonchev–Trinajstić information content (AvgIpc) is 2.71. The van der Waals surface area contributed by atoms with Gasteiger partial charge in [-0.15, -0.1) is 5.10 Å². The predicted molar refractivity (Wildman–Crippen MR) is 71.7 cm³/mol. The Morgan fingerprint density at radius 2 is 2.28 bits per heavy atom. The van der Waals surface area contributed by atoms with Crippen LogP contribution in [0.1, 0.15) is 29.3 Å². The molecule has 0 saturated carbocycles. The molecule has 5 heteroatoms. The van der Waals surface area contributed by atoms with Gasteiger partial charge < -0.3 is 5.73 Å². The molecule has 1 aromatic carbocycles. The van der Waals surface area contributed by atoms with Crippen molar-refractivity contribution in [2.75, 3.05) is 5.73 Å². The van der Waals surface area contributed by atoms with Crippen molar-refractivity contribution in [3.05, 3.63) is 40.2 Å². The Morgan fingerprint density at radius 3 is 3.11 bits per heavy atom. The van der Waals surface area contributed by atoms with Crippen LogP contribution in [0, 0.1) is 6.92 Å². The van der Waals surface area contributed by atoms with Crippen LogP contribution in [0.5, 0.6) is 0 Å². The number of hydrogen-bond acceptors (Lipinski definition) is 3. The van der Waals surface area contributed by atoms with E-state index in [4.69, 9.17) is 17.3 Å². The molecule has 4 nitrogen and oxygen atoms in total. The molecule has 3 rings (SSSR count). The number of benzene rings is 1. The summed E-state index contributed by atoms with van der Waals surface area (Å²) in [7, 11) is 0. The van der Waals surface area contributed by atoms with E-state index in [1.807, 2.05) is 16.8 Å². The number of rotatable bonds is 1. The van der Waals surface area contributed by atoms with Gasteiger partial charge >= 0.3 is 0 Å². The molecule has 2 N–H and O–H groups in total. The van der Waals surface area contributed by atoms with Gasteiger partial charge in [0.05, 0.1) is 0 Å². The van der Waals surface area contributed by atoms with E-state index >= 15 is 0 Å². The SMILES string of the molecule is Cc1c(Cl)cccc1C1CCn2nc(N)nc2C1. The van der Waals surface area contributed by atoms with E-state index in [1.54, 1.807) is 0 Å². The van der Waals surface area contributed by atoms with Crippen LogP contribution >= 0.6 is 11.6 Å². The Balaban J connectivity index is 1.94. The van der Waals surface area contributed by atoms with Crippen LogP contribution < -0.4 is 5.73 Å². The summed E-state index contributed by atoms with van der Waals surface area (Å²) in [5.41, 5.74) is 8.12. The molecule has 0 radical (unpaired) electrons. The van der Waals surface area contributed by atoms with Gasteiger partial charge in [-0.1, -0.05) is 23.7 Å². The van der Waals surface area contributed by atoms with E-state index in [0.717, 1.165) is 30.2 Å². The normalized spacial score (nSPS) is 18.7. The highest BCUT2D eigenvalue weighted by Gasteiger charge is 2.24. The van der Waals surface area contributed by atoms with Gasteiger partial charge in [0.2, 0.25) is 5.95 Å². The standard InChI is InChI=1S/C13H15ClN4/c1-8-10(3-2-4-11(8)14)9-5-6-18-12(7-9)16-13(15)17-18/h2-4,9H,5-7H2,1H3,(H2,15,17). The second-order valence-electron chi connectivity index (χ2n) is 4.75. The molecule has 2 aromatic rings.